The standard InChI is InChI=1S/C59H56N5OS.Pt/c1-36(2)46-32-44(59(8,9)10)33-47(37(3)4)54(46)64-49-27-18-17-26-48(49)61-56(64)42-28-41(38-20-13-11-14-21-38)30-45(31-42)65-51-34-50-55(52(62-51)40-24-19-25-43(29-40)58(5,6)7)66-57-53(60-35-63(50)57)39-22-15-12-16-23-39;/h11-23,25-37H,1-10H3;/q-1;. The molecule has 4 aromatic heterocycles. The van der Waals surface area contributed by atoms with Crippen molar-refractivity contribution in [2.45, 2.75) is 91.9 Å². The van der Waals surface area contributed by atoms with Crippen molar-refractivity contribution in [3.63, 3.8) is 0 Å². The van der Waals surface area contributed by atoms with Gasteiger partial charge in [0.15, 0.2) is 0 Å². The van der Waals surface area contributed by atoms with E-state index in [9.17, 15) is 0 Å². The molecule has 0 radical (unpaired) electrons. The number of hydrogen-bond acceptors (Lipinski definition) is 5. The van der Waals surface area contributed by atoms with Gasteiger partial charge in [0, 0.05) is 48.7 Å². The molecule has 0 atom stereocenters. The molecule has 10 aromatic rings. The summed E-state index contributed by atoms with van der Waals surface area (Å²) in [4.78, 5) is 16.8. The maximum atomic E-state index is 7.09. The van der Waals surface area contributed by atoms with E-state index in [1.54, 1.807) is 11.3 Å². The van der Waals surface area contributed by atoms with Crippen molar-refractivity contribution >= 4 is 37.4 Å². The Morgan fingerprint density at radius 3 is 1.88 bits per heavy atom. The molecule has 0 saturated heterocycles. The van der Waals surface area contributed by atoms with Gasteiger partial charge in [0.1, 0.15) is 28.4 Å². The molecular formula is C59H56N5OPtS-. The van der Waals surface area contributed by atoms with Gasteiger partial charge in [-0.05, 0) is 80.8 Å². The summed E-state index contributed by atoms with van der Waals surface area (Å²) < 4.78 is 12.7. The summed E-state index contributed by atoms with van der Waals surface area (Å²) in [6, 6.07) is 52.7. The zero-order valence-electron chi connectivity index (χ0n) is 39.9. The fourth-order valence-electron chi connectivity index (χ4n) is 8.98. The van der Waals surface area contributed by atoms with E-state index in [0.29, 0.717) is 11.6 Å². The number of aromatic nitrogens is 5. The molecule has 4 heterocycles. The molecule has 0 N–H and O–H groups in total. The van der Waals surface area contributed by atoms with Crippen LogP contribution in [0.1, 0.15) is 103 Å². The van der Waals surface area contributed by atoms with Crippen molar-refractivity contribution in [2.75, 3.05) is 0 Å². The predicted octanol–water partition coefficient (Wildman–Crippen LogP) is 16.4. The van der Waals surface area contributed by atoms with E-state index < -0.39 is 0 Å². The van der Waals surface area contributed by atoms with E-state index in [0.717, 1.165) is 71.1 Å². The Bertz CT molecular complexity index is 3390. The van der Waals surface area contributed by atoms with Crippen LogP contribution in [0.4, 0.5) is 0 Å². The number of imidazole rings is 2. The summed E-state index contributed by atoms with van der Waals surface area (Å²) in [5.74, 6) is 2.53. The zero-order valence-corrected chi connectivity index (χ0v) is 43.0. The van der Waals surface area contributed by atoms with Gasteiger partial charge in [-0.1, -0.05) is 154 Å². The summed E-state index contributed by atoms with van der Waals surface area (Å²) in [5.41, 5.74) is 16.1. The van der Waals surface area contributed by atoms with Gasteiger partial charge >= 0.3 is 0 Å². The molecule has 8 heteroatoms. The number of fused-ring (bicyclic) bond motifs is 4. The molecule has 0 saturated carbocycles. The molecule has 6 nitrogen and oxygen atoms in total. The monoisotopic (exact) mass is 1080 g/mol. The number of rotatable bonds is 9. The topological polar surface area (TPSA) is 57.2 Å². The quantitative estimate of drug-likeness (QED) is 0.135. The number of ether oxygens (including phenoxy) is 1. The van der Waals surface area contributed by atoms with E-state index >= 15 is 0 Å². The third kappa shape index (κ3) is 8.69. The Kier molecular flexibility index (Phi) is 12.2. The van der Waals surface area contributed by atoms with Gasteiger partial charge in [0.2, 0.25) is 5.88 Å². The molecule has 0 amide bonds. The van der Waals surface area contributed by atoms with Crippen LogP contribution >= 0.6 is 11.3 Å². The van der Waals surface area contributed by atoms with E-state index in [1.807, 2.05) is 18.5 Å². The van der Waals surface area contributed by atoms with Gasteiger partial charge in [0.05, 0.1) is 22.2 Å². The van der Waals surface area contributed by atoms with Gasteiger partial charge < -0.3 is 4.74 Å². The van der Waals surface area contributed by atoms with Crippen LogP contribution in [0.25, 0.3) is 76.8 Å². The van der Waals surface area contributed by atoms with E-state index in [4.69, 9.17) is 19.7 Å². The number of benzene rings is 6. The molecule has 0 aliphatic rings. The number of para-hydroxylation sites is 2. The van der Waals surface area contributed by atoms with Gasteiger partial charge in [-0.15, -0.1) is 46.7 Å². The average Bonchev–Trinajstić information content (AvgIpc) is 4.01. The maximum absolute atomic E-state index is 7.09. The van der Waals surface area contributed by atoms with Crippen LogP contribution in [0.2, 0.25) is 0 Å². The van der Waals surface area contributed by atoms with E-state index in [-0.39, 0.29) is 43.7 Å². The summed E-state index contributed by atoms with van der Waals surface area (Å²) in [6.07, 6.45) is 1.92. The normalized spacial score (nSPS) is 12.2. The molecule has 6 aromatic carbocycles. The maximum Gasteiger partial charge on any atom is 0.212 e. The largest absolute Gasteiger partial charge is 0.440 e. The molecule has 0 spiro atoms. The molecule has 340 valence electrons. The van der Waals surface area contributed by atoms with Crippen molar-refractivity contribution in [3.8, 4) is 62.3 Å². The summed E-state index contributed by atoms with van der Waals surface area (Å²) in [7, 11) is 0. The average molecular weight is 1080 g/mol. The Morgan fingerprint density at radius 2 is 1.22 bits per heavy atom. The third-order valence-electron chi connectivity index (χ3n) is 12.6. The minimum absolute atomic E-state index is 0. The van der Waals surface area contributed by atoms with Crippen LogP contribution in [0.3, 0.4) is 0 Å². The number of nitrogens with zero attached hydrogens (tertiary/aromatic N) is 5. The van der Waals surface area contributed by atoms with Crippen LogP contribution in [0.15, 0.2) is 146 Å². The van der Waals surface area contributed by atoms with E-state index in [1.165, 1.54) is 27.9 Å². The van der Waals surface area contributed by atoms with Gasteiger partial charge in [-0.25, -0.2) is 9.97 Å². The first-order valence-electron chi connectivity index (χ1n) is 23.1. The van der Waals surface area contributed by atoms with Crippen molar-refractivity contribution in [1.29, 1.82) is 0 Å². The summed E-state index contributed by atoms with van der Waals surface area (Å²) in [6.45, 7) is 22.8. The molecule has 0 unspecified atom stereocenters. The molecule has 0 fully saturated rings. The molecule has 0 aliphatic carbocycles. The van der Waals surface area contributed by atoms with Crippen LogP contribution in [0.5, 0.6) is 11.6 Å². The molecule has 0 aliphatic heterocycles. The second-order valence-corrected chi connectivity index (χ2v) is 21.2. The Labute approximate surface area is 413 Å². The smallest absolute Gasteiger partial charge is 0.212 e. The number of hydrogen-bond donors (Lipinski definition) is 0. The predicted molar refractivity (Wildman–Crippen MR) is 276 cm³/mol. The second kappa shape index (κ2) is 17.8. The van der Waals surface area contributed by atoms with Crippen LogP contribution in [-0.4, -0.2) is 23.9 Å². The minimum atomic E-state index is -0.0603. The van der Waals surface area contributed by atoms with Crippen molar-refractivity contribution in [2.24, 2.45) is 0 Å². The Morgan fingerprint density at radius 1 is 0.597 bits per heavy atom. The Balaban J connectivity index is 0.00000562. The van der Waals surface area contributed by atoms with Crippen LogP contribution < -0.4 is 4.74 Å². The third-order valence-corrected chi connectivity index (χ3v) is 13.8. The number of thiazole rings is 1. The van der Waals surface area contributed by atoms with E-state index in [2.05, 4.69) is 212 Å². The summed E-state index contributed by atoms with van der Waals surface area (Å²) >= 11 is 1.70. The van der Waals surface area contributed by atoms with Crippen molar-refractivity contribution in [1.82, 2.24) is 23.9 Å². The molecule has 0 bridgehead atoms. The van der Waals surface area contributed by atoms with Crippen LogP contribution in [0, 0.1) is 6.07 Å². The first-order valence-corrected chi connectivity index (χ1v) is 23.9. The minimum Gasteiger partial charge on any atom is -0.440 e. The number of pyridine rings is 1. The van der Waals surface area contributed by atoms with Crippen LogP contribution in [-0.2, 0) is 31.9 Å². The second-order valence-electron chi connectivity index (χ2n) is 20.2. The molecule has 67 heavy (non-hydrogen) atoms. The molecular weight excluding hydrogens is 1020 g/mol. The van der Waals surface area contributed by atoms with Gasteiger partial charge in [-0.3, -0.25) is 14.0 Å². The SMILES string of the molecule is CC(C)c1cc(C(C)(C)C)cc(C(C)C)c1-n1c(-c2cc(Oc3cc4c(sc5c(-c6ccccc6)ncn54)c(-c4[c-]ccc(C(C)(C)C)c4)n3)cc(-c3ccccc3)c2)nc2ccccc21.[Pt]. The fourth-order valence-corrected chi connectivity index (χ4v) is 10.2. The Hall–Kier alpha value is -6.14. The van der Waals surface area contributed by atoms with Gasteiger partial charge in [-0.2, -0.15) is 0 Å². The first-order chi connectivity index (χ1) is 31.6. The van der Waals surface area contributed by atoms with Crippen molar-refractivity contribution < 1.29 is 25.8 Å². The fraction of sp³-hybridized carbons (Fsp3) is 0.237. The van der Waals surface area contributed by atoms with Gasteiger partial charge in [0.25, 0.3) is 0 Å². The molecule has 10 rings (SSSR count). The summed E-state index contributed by atoms with van der Waals surface area (Å²) in [5, 5.41) is 0. The van der Waals surface area contributed by atoms with Crippen molar-refractivity contribution in [3.05, 3.63) is 174 Å². The zero-order chi connectivity index (χ0) is 46.1. The first kappa shape index (κ1) is 46.0.